The van der Waals surface area contributed by atoms with Gasteiger partial charge in [-0.3, -0.25) is 9.78 Å². The van der Waals surface area contributed by atoms with Crippen LogP contribution in [-0.2, 0) is 0 Å². The van der Waals surface area contributed by atoms with Gasteiger partial charge >= 0.3 is 0 Å². The van der Waals surface area contributed by atoms with Gasteiger partial charge in [0.1, 0.15) is 0 Å². The van der Waals surface area contributed by atoms with Gasteiger partial charge in [-0.05, 0) is 46.6 Å². The van der Waals surface area contributed by atoms with Crippen LogP contribution >= 0.6 is 15.9 Å². The summed E-state index contributed by atoms with van der Waals surface area (Å²) in [6, 6.07) is 9.03. The van der Waals surface area contributed by atoms with Crippen molar-refractivity contribution in [1.82, 2.24) is 10.3 Å². The second kappa shape index (κ2) is 6.63. The number of amides is 1. The van der Waals surface area contributed by atoms with Crippen molar-refractivity contribution in [3.8, 4) is 0 Å². The fraction of sp³-hybridized carbons (Fsp3) is 0.200. The number of aliphatic hydroxyl groups excluding tert-OH is 1. The van der Waals surface area contributed by atoms with Gasteiger partial charge in [0.2, 0.25) is 0 Å². The Morgan fingerprint density at radius 2 is 2.25 bits per heavy atom. The molecule has 0 aliphatic rings. The molecule has 104 valence electrons. The zero-order valence-corrected chi connectivity index (χ0v) is 12.6. The second-order valence-electron chi connectivity index (χ2n) is 4.50. The number of carbonyl (C=O) groups excluding carboxylic acids is 1. The third-order valence-corrected chi connectivity index (χ3v) is 3.55. The molecule has 5 heteroatoms. The summed E-state index contributed by atoms with van der Waals surface area (Å²) in [5, 5.41) is 12.7. The van der Waals surface area contributed by atoms with Gasteiger partial charge in [-0.25, -0.2) is 0 Å². The van der Waals surface area contributed by atoms with Crippen molar-refractivity contribution < 1.29 is 9.90 Å². The van der Waals surface area contributed by atoms with Crippen LogP contribution in [-0.4, -0.2) is 22.5 Å². The fourth-order valence-electron chi connectivity index (χ4n) is 1.78. The highest BCUT2D eigenvalue weighted by atomic mass is 79.9. The van der Waals surface area contributed by atoms with Crippen LogP contribution in [0, 0.1) is 6.92 Å². The van der Waals surface area contributed by atoms with Crippen molar-refractivity contribution in [2.75, 3.05) is 6.54 Å². The molecular weight excluding hydrogens is 320 g/mol. The van der Waals surface area contributed by atoms with Gasteiger partial charge in [-0.15, -0.1) is 0 Å². The predicted octanol–water partition coefficient (Wildman–Crippen LogP) is 2.62. The Labute approximate surface area is 126 Å². The zero-order chi connectivity index (χ0) is 14.5. The summed E-state index contributed by atoms with van der Waals surface area (Å²) in [5.74, 6) is -0.222. The molecule has 0 aliphatic carbocycles. The minimum atomic E-state index is -0.767. The average molecular weight is 335 g/mol. The van der Waals surface area contributed by atoms with E-state index in [0.717, 1.165) is 10.0 Å². The molecule has 1 aromatic carbocycles. The number of halogens is 1. The Kier molecular flexibility index (Phi) is 4.87. The lowest BCUT2D eigenvalue weighted by Gasteiger charge is -2.12. The number of carbonyl (C=O) groups is 1. The normalized spacial score (nSPS) is 11.9. The van der Waals surface area contributed by atoms with Gasteiger partial charge in [0.05, 0.1) is 11.7 Å². The molecule has 0 aliphatic heterocycles. The fourth-order valence-corrected chi connectivity index (χ4v) is 2.45. The minimum absolute atomic E-state index is 0.144. The number of nitrogens with zero attached hydrogens (tertiary/aromatic N) is 1. The van der Waals surface area contributed by atoms with Crippen molar-refractivity contribution in [2.45, 2.75) is 13.0 Å². The highest BCUT2D eigenvalue weighted by molar-refractivity contribution is 9.10. The Balaban J connectivity index is 1.99. The third kappa shape index (κ3) is 3.65. The maximum absolute atomic E-state index is 12.0. The first kappa shape index (κ1) is 14.7. The molecule has 0 spiro atoms. The quantitative estimate of drug-likeness (QED) is 0.903. The van der Waals surface area contributed by atoms with E-state index in [4.69, 9.17) is 0 Å². The van der Waals surface area contributed by atoms with E-state index in [-0.39, 0.29) is 12.5 Å². The summed E-state index contributed by atoms with van der Waals surface area (Å²) in [7, 11) is 0. The monoisotopic (exact) mass is 334 g/mol. The van der Waals surface area contributed by atoms with E-state index in [9.17, 15) is 9.90 Å². The topological polar surface area (TPSA) is 62.2 Å². The Morgan fingerprint density at radius 1 is 1.45 bits per heavy atom. The van der Waals surface area contributed by atoms with Crippen LogP contribution in [0.5, 0.6) is 0 Å². The van der Waals surface area contributed by atoms with Crippen molar-refractivity contribution in [2.24, 2.45) is 0 Å². The summed E-state index contributed by atoms with van der Waals surface area (Å²) < 4.78 is 0.742. The van der Waals surface area contributed by atoms with Crippen LogP contribution in [0.3, 0.4) is 0 Å². The van der Waals surface area contributed by atoms with E-state index in [1.54, 1.807) is 30.6 Å². The number of benzene rings is 1. The first-order chi connectivity index (χ1) is 9.58. The van der Waals surface area contributed by atoms with Crippen LogP contribution in [0.4, 0.5) is 0 Å². The van der Waals surface area contributed by atoms with Crippen molar-refractivity contribution >= 4 is 21.8 Å². The van der Waals surface area contributed by atoms with Crippen LogP contribution in [0.15, 0.2) is 47.2 Å². The van der Waals surface area contributed by atoms with Crippen molar-refractivity contribution in [3.63, 3.8) is 0 Å². The van der Waals surface area contributed by atoms with E-state index in [0.29, 0.717) is 11.1 Å². The Hall–Kier alpha value is -1.72. The number of pyridine rings is 1. The Bertz CT molecular complexity index is 602. The van der Waals surface area contributed by atoms with Crippen LogP contribution in [0.25, 0.3) is 0 Å². The van der Waals surface area contributed by atoms with E-state index in [1.807, 2.05) is 19.1 Å². The number of aliphatic hydroxyl groups is 1. The minimum Gasteiger partial charge on any atom is -0.387 e. The van der Waals surface area contributed by atoms with E-state index >= 15 is 0 Å². The van der Waals surface area contributed by atoms with Gasteiger partial charge in [0, 0.05) is 29.0 Å². The molecule has 2 N–H and O–H groups in total. The third-order valence-electron chi connectivity index (χ3n) is 2.89. The molecule has 2 rings (SSSR count). The highest BCUT2D eigenvalue weighted by Gasteiger charge is 2.13. The molecule has 0 saturated carbocycles. The molecule has 4 nitrogen and oxygen atoms in total. The van der Waals surface area contributed by atoms with Gasteiger partial charge in [0.25, 0.3) is 5.91 Å². The molecule has 0 unspecified atom stereocenters. The molecule has 2 aromatic rings. The van der Waals surface area contributed by atoms with E-state index in [1.165, 1.54) is 0 Å². The molecule has 0 bridgehead atoms. The number of hydrogen-bond donors (Lipinski definition) is 2. The van der Waals surface area contributed by atoms with Gasteiger partial charge < -0.3 is 10.4 Å². The van der Waals surface area contributed by atoms with Crippen LogP contribution in [0.2, 0.25) is 0 Å². The van der Waals surface area contributed by atoms with E-state index in [2.05, 4.69) is 26.2 Å². The molecule has 1 heterocycles. The first-order valence-electron chi connectivity index (χ1n) is 6.20. The molecule has 1 aromatic heterocycles. The number of nitrogens with one attached hydrogen (secondary N) is 1. The summed E-state index contributed by atoms with van der Waals surface area (Å²) in [5.41, 5.74) is 2.30. The summed E-state index contributed by atoms with van der Waals surface area (Å²) >= 11 is 3.37. The summed E-state index contributed by atoms with van der Waals surface area (Å²) in [6.07, 6.45) is 2.45. The van der Waals surface area contributed by atoms with Gasteiger partial charge in [-0.2, -0.15) is 0 Å². The summed E-state index contributed by atoms with van der Waals surface area (Å²) in [4.78, 5) is 16.0. The standard InChI is InChI=1S/C15H15BrN2O2/c1-10-4-5-12(13(16)7-10)15(20)18-9-14(19)11-3-2-6-17-8-11/h2-8,14,19H,9H2,1H3,(H,18,20)/t14-/m0/s1. The lowest BCUT2D eigenvalue weighted by molar-refractivity contribution is 0.0915. The number of hydrogen-bond acceptors (Lipinski definition) is 3. The molecule has 0 saturated heterocycles. The molecular formula is C15H15BrN2O2. The predicted molar refractivity (Wildman–Crippen MR) is 80.4 cm³/mol. The van der Waals surface area contributed by atoms with Crippen LogP contribution < -0.4 is 5.32 Å². The number of rotatable bonds is 4. The van der Waals surface area contributed by atoms with Crippen LogP contribution in [0.1, 0.15) is 27.6 Å². The molecule has 0 fully saturated rings. The highest BCUT2D eigenvalue weighted by Crippen LogP contribution is 2.18. The summed E-state index contributed by atoms with van der Waals surface area (Å²) in [6.45, 7) is 2.10. The molecule has 20 heavy (non-hydrogen) atoms. The lowest BCUT2D eigenvalue weighted by Crippen LogP contribution is -2.28. The Morgan fingerprint density at radius 3 is 2.90 bits per heavy atom. The van der Waals surface area contributed by atoms with Crippen molar-refractivity contribution in [1.29, 1.82) is 0 Å². The van der Waals surface area contributed by atoms with Crippen molar-refractivity contribution in [3.05, 3.63) is 63.9 Å². The number of aryl methyl sites for hydroxylation is 1. The zero-order valence-electron chi connectivity index (χ0n) is 11.0. The smallest absolute Gasteiger partial charge is 0.252 e. The maximum Gasteiger partial charge on any atom is 0.252 e. The maximum atomic E-state index is 12.0. The van der Waals surface area contributed by atoms with Gasteiger partial charge in [-0.1, -0.05) is 12.1 Å². The first-order valence-corrected chi connectivity index (χ1v) is 6.99. The van der Waals surface area contributed by atoms with E-state index < -0.39 is 6.10 Å². The molecule has 0 radical (unpaired) electrons. The average Bonchev–Trinajstić information content (AvgIpc) is 2.45. The second-order valence-corrected chi connectivity index (χ2v) is 5.35. The molecule has 1 amide bonds. The SMILES string of the molecule is Cc1ccc(C(=O)NC[C@H](O)c2cccnc2)c(Br)c1. The largest absolute Gasteiger partial charge is 0.387 e. The number of aromatic nitrogens is 1. The van der Waals surface area contributed by atoms with Gasteiger partial charge in [0.15, 0.2) is 0 Å². The lowest BCUT2D eigenvalue weighted by atomic mass is 10.1. The molecule has 1 atom stereocenters.